The van der Waals surface area contributed by atoms with Gasteiger partial charge in [-0.3, -0.25) is 15.1 Å². The summed E-state index contributed by atoms with van der Waals surface area (Å²) in [5.74, 6) is 0.328. The van der Waals surface area contributed by atoms with Gasteiger partial charge in [0.05, 0.1) is 26.5 Å². The molecule has 1 heterocycles. The quantitative estimate of drug-likeness (QED) is 0.295. The van der Waals surface area contributed by atoms with Gasteiger partial charge in [0, 0.05) is 38.3 Å². The first-order valence-corrected chi connectivity index (χ1v) is 12.8. The van der Waals surface area contributed by atoms with Crippen LogP contribution >= 0.6 is 34.8 Å². The molecule has 176 valence electrons. The summed E-state index contributed by atoms with van der Waals surface area (Å²) in [4.78, 5) is 18.2. The molecule has 0 saturated heterocycles. The molecule has 3 rings (SSSR count). The number of carbonyl (C=O) groups is 1. The van der Waals surface area contributed by atoms with E-state index in [9.17, 15) is 13.2 Å². The van der Waals surface area contributed by atoms with Gasteiger partial charge in [0.25, 0.3) is 0 Å². The fourth-order valence-electron chi connectivity index (χ4n) is 3.10. The maximum Gasteiger partial charge on any atom is 0.246 e. The molecular formula is C22H23Cl3N4O3S. The Bertz CT molecular complexity index is 1180. The van der Waals surface area contributed by atoms with E-state index in [0.29, 0.717) is 6.54 Å². The number of likely N-dealkylation sites (N-methyl/N-ethyl adjacent to an activating group) is 1. The molecule has 0 aromatic heterocycles. The highest BCUT2D eigenvalue weighted by Gasteiger charge is 2.20. The number of hydrogen-bond acceptors (Lipinski definition) is 6. The summed E-state index contributed by atoms with van der Waals surface area (Å²) in [6.45, 7) is 2.26. The molecule has 2 aromatic rings. The first kappa shape index (κ1) is 25.5. The maximum absolute atomic E-state index is 12.5. The largest absolute Gasteiger partial charge is 0.368 e. The van der Waals surface area contributed by atoms with Gasteiger partial charge < -0.3 is 10.2 Å². The van der Waals surface area contributed by atoms with Crippen LogP contribution in [0.5, 0.6) is 0 Å². The first-order chi connectivity index (χ1) is 15.7. The van der Waals surface area contributed by atoms with Crippen LogP contribution in [0.25, 0.3) is 0 Å². The third-order valence-electron chi connectivity index (χ3n) is 4.85. The molecule has 0 saturated carbocycles. The number of benzene rings is 2. The molecule has 2 aromatic carbocycles. The standard InChI is InChI=1S/C22H23Cl3N4O3S/c1-29(13-15-4-6-16(7-5-15)22-27-11-12-28-22)19(30)3-2-10-26-14-33(31,32)18-9-8-17(23)20(24)21(18)25/h2-9,26H,10-14H2,1H3,(H,27,28). The van der Waals surface area contributed by atoms with Crippen molar-refractivity contribution in [2.45, 2.75) is 11.4 Å². The lowest BCUT2D eigenvalue weighted by molar-refractivity contribution is -0.125. The van der Waals surface area contributed by atoms with Crippen LogP contribution in [0.3, 0.4) is 0 Å². The minimum atomic E-state index is -3.73. The van der Waals surface area contributed by atoms with Crippen molar-refractivity contribution in [3.05, 3.63) is 74.7 Å². The molecule has 33 heavy (non-hydrogen) atoms. The normalized spacial score (nSPS) is 13.8. The van der Waals surface area contributed by atoms with E-state index in [4.69, 9.17) is 34.8 Å². The monoisotopic (exact) mass is 528 g/mol. The maximum atomic E-state index is 12.5. The van der Waals surface area contributed by atoms with Crippen molar-refractivity contribution >= 4 is 56.4 Å². The third kappa shape index (κ3) is 6.71. The molecule has 0 spiro atoms. The number of hydrogen-bond donors (Lipinski definition) is 2. The number of halogens is 3. The van der Waals surface area contributed by atoms with Crippen molar-refractivity contribution < 1.29 is 13.2 Å². The van der Waals surface area contributed by atoms with E-state index in [-0.39, 0.29) is 38.3 Å². The molecule has 0 fully saturated rings. The van der Waals surface area contributed by atoms with Crippen molar-refractivity contribution in [3.63, 3.8) is 0 Å². The summed E-state index contributed by atoms with van der Waals surface area (Å²) in [5.41, 5.74) is 2.01. The molecule has 7 nitrogen and oxygen atoms in total. The van der Waals surface area contributed by atoms with Crippen molar-refractivity contribution in [1.82, 2.24) is 15.5 Å². The van der Waals surface area contributed by atoms with E-state index in [1.54, 1.807) is 18.0 Å². The highest BCUT2D eigenvalue weighted by Crippen LogP contribution is 2.35. The van der Waals surface area contributed by atoms with Crippen LogP contribution < -0.4 is 10.6 Å². The number of amidine groups is 1. The second-order valence-electron chi connectivity index (χ2n) is 7.34. The van der Waals surface area contributed by atoms with Gasteiger partial charge in [-0.25, -0.2) is 8.42 Å². The molecule has 1 aliphatic rings. The molecule has 0 unspecified atom stereocenters. The lowest BCUT2D eigenvalue weighted by Gasteiger charge is -2.15. The fraction of sp³-hybridized carbons (Fsp3) is 0.273. The Labute approximate surface area is 208 Å². The number of rotatable bonds is 9. The Hall–Kier alpha value is -2.10. The lowest BCUT2D eigenvalue weighted by atomic mass is 10.1. The van der Waals surface area contributed by atoms with Crippen LogP contribution in [-0.4, -0.2) is 57.6 Å². The van der Waals surface area contributed by atoms with Gasteiger partial charge in [0.1, 0.15) is 11.7 Å². The molecule has 0 aliphatic carbocycles. The smallest absolute Gasteiger partial charge is 0.246 e. The van der Waals surface area contributed by atoms with Gasteiger partial charge in [-0.1, -0.05) is 65.1 Å². The number of nitrogens with zero attached hydrogens (tertiary/aromatic N) is 2. The molecule has 0 bridgehead atoms. The minimum absolute atomic E-state index is 0.00784. The second kappa shape index (κ2) is 11.4. The van der Waals surface area contributed by atoms with Crippen molar-refractivity contribution in [2.24, 2.45) is 4.99 Å². The molecule has 11 heteroatoms. The SMILES string of the molecule is CN(Cc1ccc(C2=NCCN2)cc1)C(=O)C=CCNCS(=O)(=O)c1ccc(Cl)c(Cl)c1Cl. The number of carbonyl (C=O) groups excluding carboxylic acids is 1. The molecular weight excluding hydrogens is 507 g/mol. The zero-order chi connectivity index (χ0) is 24.0. The van der Waals surface area contributed by atoms with Crippen LogP contribution in [0.2, 0.25) is 15.1 Å². The summed E-state index contributed by atoms with van der Waals surface area (Å²) in [6.07, 6.45) is 2.97. The van der Waals surface area contributed by atoms with Crippen LogP contribution in [0, 0.1) is 0 Å². The van der Waals surface area contributed by atoms with Crippen molar-refractivity contribution in [1.29, 1.82) is 0 Å². The Morgan fingerprint density at radius 2 is 1.88 bits per heavy atom. The highest BCUT2D eigenvalue weighted by molar-refractivity contribution is 7.91. The lowest BCUT2D eigenvalue weighted by Crippen LogP contribution is -2.26. The zero-order valence-electron chi connectivity index (χ0n) is 17.8. The first-order valence-electron chi connectivity index (χ1n) is 10.1. The summed E-state index contributed by atoms with van der Waals surface area (Å²) >= 11 is 17.8. The number of aliphatic imine (C=N–C) groups is 1. The number of nitrogens with one attached hydrogen (secondary N) is 2. The Balaban J connectivity index is 1.47. The summed E-state index contributed by atoms with van der Waals surface area (Å²) in [6, 6.07) is 10.6. The fourth-order valence-corrected chi connectivity index (χ4v) is 5.24. The third-order valence-corrected chi connectivity index (χ3v) is 7.85. The predicted octanol–water partition coefficient (Wildman–Crippen LogP) is 3.53. The van der Waals surface area contributed by atoms with E-state index in [0.717, 1.165) is 30.1 Å². The van der Waals surface area contributed by atoms with E-state index in [1.165, 1.54) is 18.2 Å². The summed E-state index contributed by atoms with van der Waals surface area (Å²) in [5, 5.41) is 6.05. The minimum Gasteiger partial charge on any atom is -0.368 e. The molecule has 0 radical (unpaired) electrons. The summed E-state index contributed by atoms with van der Waals surface area (Å²) < 4.78 is 24.9. The Morgan fingerprint density at radius 3 is 2.55 bits per heavy atom. The zero-order valence-corrected chi connectivity index (χ0v) is 20.9. The Kier molecular flexibility index (Phi) is 8.78. The number of sulfone groups is 1. The van der Waals surface area contributed by atoms with Gasteiger partial charge in [0.15, 0.2) is 9.84 Å². The van der Waals surface area contributed by atoms with Crippen LogP contribution in [0.1, 0.15) is 11.1 Å². The van der Waals surface area contributed by atoms with Crippen molar-refractivity contribution in [3.8, 4) is 0 Å². The van der Waals surface area contributed by atoms with Gasteiger partial charge in [-0.2, -0.15) is 0 Å². The van der Waals surface area contributed by atoms with E-state index in [1.807, 2.05) is 24.3 Å². The van der Waals surface area contributed by atoms with Gasteiger partial charge >= 0.3 is 0 Å². The Morgan fingerprint density at radius 1 is 1.15 bits per heavy atom. The topological polar surface area (TPSA) is 90.9 Å². The molecule has 0 atom stereocenters. The number of amides is 1. The summed E-state index contributed by atoms with van der Waals surface area (Å²) in [7, 11) is -2.02. The van der Waals surface area contributed by atoms with E-state index < -0.39 is 9.84 Å². The van der Waals surface area contributed by atoms with Gasteiger partial charge in [-0.15, -0.1) is 0 Å². The van der Waals surface area contributed by atoms with Gasteiger partial charge in [0.2, 0.25) is 5.91 Å². The predicted molar refractivity (Wildman–Crippen MR) is 133 cm³/mol. The molecule has 1 aliphatic heterocycles. The second-order valence-corrected chi connectivity index (χ2v) is 10.5. The molecule has 2 N–H and O–H groups in total. The highest BCUT2D eigenvalue weighted by atomic mass is 35.5. The van der Waals surface area contributed by atoms with E-state index >= 15 is 0 Å². The molecule has 1 amide bonds. The van der Waals surface area contributed by atoms with E-state index in [2.05, 4.69) is 15.6 Å². The average molecular weight is 530 g/mol. The average Bonchev–Trinajstić information content (AvgIpc) is 3.32. The van der Waals surface area contributed by atoms with Crippen LogP contribution in [0.4, 0.5) is 0 Å². The van der Waals surface area contributed by atoms with Crippen LogP contribution in [0.15, 0.2) is 58.4 Å². The van der Waals surface area contributed by atoms with Crippen LogP contribution in [-0.2, 0) is 21.2 Å². The van der Waals surface area contributed by atoms with Gasteiger partial charge in [-0.05, 0) is 17.7 Å². The van der Waals surface area contributed by atoms with Crippen molar-refractivity contribution in [2.75, 3.05) is 32.6 Å².